The van der Waals surface area contributed by atoms with E-state index in [4.69, 9.17) is 4.74 Å². The van der Waals surface area contributed by atoms with Crippen molar-refractivity contribution in [3.63, 3.8) is 0 Å². The number of hydrogen-bond donors (Lipinski definition) is 0. The first-order chi connectivity index (χ1) is 13.7. The third kappa shape index (κ3) is 4.37. The molecule has 0 bridgehead atoms. The molecule has 2 aromatic carbocycles. The lowest BCUT2D eigenvalue weighted by molar-refractivity contribution is -0.120. The van der Waals surface area contributed by atoms with Crippen molar-refractivity contribution in [2.24, 2.45) is 0 Å². The van der Waals surface area contributed by atoms with Crippen LogP contribution in [0.15, 0.2) is 42.5 Å². The van der Waals surface area contributed by atoms with Crippen molar-refractivity contribution in [1.82, 2.24) is 9.80 Å². The highest BCUT2D eigenvalue weighted by Crippen LogP contribution is 2.27. The Hall–Kier alpha value is -1.95. The number of carbonyl (C=O) groups excluding carboxylic acids is 1. The van der Waals surface area contributed by atoms with Gasteiger partial charge in [-0.3, -0.25) is 14.6 Å². The van der Waals surface area contributed by atoms with Crippen molar-refractivity contribution in [1.29, 1.82) is 0 Å². The van der Waals surface area contributed by atoms with Crippen molar-refractivity contribution >= 4 is 22.4 Å². The summed E-state index contributed by atoms with van der Waals surface area (Å²) in [7, 11) is 0. The Morgan fingerprint density at radius 2 is 1.82 bits per heavy atom. The first-order valence-corrected chi connectivity index (χ1v) is 10.6. The number of piperazine rings is 1. The van der Waals surface area contributed by atoms with Gasteiger partial charge in [-0.2, -0.15) is 0 Å². The van der Waals surface area contributed by atoms with Crippen LogP contribution in [0.2, 0.25) is 0 Å². The number of nitrogens with zero attached hydrogens (tertiary/aromatic N) is 3. The second-order valence-electron chi connectivity index (χ2n) is 7.85. The number of hydrogen-bond acceptors (Lipinski definition) is 4. The lowest BCUT2D eigenvalue weighted by Crippen LogP contribution is -2.51. The van der Waals surface area contributed by atoms with Gasteiger partial charge in [-0.05, 0) is 31.2 Å². The highest BCUT2D eigenvalue weighted by molar-refractivity contribution is 6.04. The summed E-state index contributed by atoms with van der Waals surface area (Å²) in [5.41, 5.74) is 1.02. The largest absolute Gasteiger partial charge is 0.377 e. The molecule has 28 heavy (non-hydrogen) atoms. The maximum Gasteiger partial charge on any atom is 0.241 e. The second-order valence-corrected chi connectivity index (χ2v) is 7.85. The molecule has 2 aliphatic heterocycles. The fourth-order valence-electron chi connectivity index (χ4n) is 4.41. The number of amides is 1. The molecular formula is C23H31N3O2. The molecule has 5 nitrogen and oxygen atoms in total. The highest BCUT2D eigenvalue weighted by atomic mass is 16.5. The topological polar surface area (TPSA) is 36.0 Å². The average molecular weight is 382 g/mol. The maximum absolute atomic E-state index is 13.1. The molecule has 0 radical (unpaired) electrons. The van der Waals surface area contributed by atoms with Crippen LogP contribution in [-0.4, -0.2) is 74.2 Å². The van der Waals surface area contributed by atoms with Crippen LogP contribution in [0.4, 0.5) is 5.69 Å². The standard InChI is InChI=1S/C23H31N3O2/c1-2-26(22-11-5-8-19-7-3-4-10-21(19)22)23(27)18-25-14-12-24(13-15-25)17-20-9-6-16-28-20/h3-5,7-8,10-11,20H,2,6,9,12-18H2,1H3. The zero-order chi connectivity index (χ0) is 19.3. The Kier molecular flexibility index (Phi) is 6.25. The van der Waals surface area contributed by atoms with Gasteiger partial charge >= 0.3 is 0 Å². The normalized spacial score (nSPS) is 21.2. The summed E-state index contributed by atoms with van der Waals surface area (Å²) < 4.78 is 5.76. The lowest BCUT2D eigenvalue weighted by Gasteiger charge is -2.36. The van der Waals surface area contributed by atoms with Gasteiger partial charge < -0.3 is 9.64 Å². The minimum Gasteiger partial charge on any atom is -0.377 e. The van der Waals surface area contributed by atoms with E-state index in [-0.39, 0.29) is 5.91 Å². The quantitative estimate of drug-likeness (QED) is 0.771. The molecule has 1 atom stereocenters. The Bertz CT molecular complexity index is 790. The van der Waals surface area contributed by atoms with Gasteiger partial charge in [0.25, 0.3) is 0 Å². The number of carbonyl (C=O) groups is 1. The fourth-order valence-corrected chi connectivity index (χ4v) is 4.41. The molecule has 5 heteroatoms. The van der Waals surface area contributed by atoms with Crippen LogP contribution in [0, 0.1) is 0 Å². The number of benzene rings is 2. The van der Waals surface area contributed by atoms with Crippen LogP contribution >= 0.6 is 0 Å². The van der Waals surface area contributed by atoms with E-state index in [0.717, 1.165) is 50.4 Å². The minimum atomic E-state index is 0.187. The third-order valence-electron chi connectivity index (χ3n) is 5.98. The molecule has 1 amide bonds. The molecule has 2 aliphatic rings. The molecule has 150 valence electrons. The zero-order valence-electron chi connectivity index (χ0n) is 16.8. The molecule has 2 saturated heterocycles. The molecule has 2 heterocycles. The summed E-state index contributed by atoms with van der Waals surface area (Å²) in [4.78, 5) is 19.8. The van der Waals surface area contributed by atoms with Gasteiger partial charge in [-0.25, -0.2) is 0 Å². The predicted octanol–water partition coefficient (Wildman–Crippen LogP) is 2.99. The van der Waals surface area contributed by atoms with Gasteiger partial charge in [0, 0.05) is 51.3 Å². The number of rotatable bonds is 6. The Morgan fingerprint density at radius 1 is 1.07 bits per heavy atom. The number of ether oxygens (including phenoxy) is 1. The van der Waals surface area contributed by atoms with E-state index in [1.807, 2.05) is 23.1 Å². The van der Waals surface area contributed by atoms with Crippen LogP contribution in [0.25, 0.3) is 10.8 Å². The van der Waals surface area contributed by atoms with Crippen molar-refractivity contribution in [3.05, 3.63) is 42.5 Å². The molecule has 1 unspecified atom stereocenters. The maximum atomic E-state index is 13.1. The summed E-state index contributed by atoms with van der Waals surface area (Å²) >= 11 is 0. The molecule has 0 saturated carbocycles. The van der Waals surface area contributed by atoms with Crippen molar-refractivity contribution in [2.75, 3.05) is 57.3 Å². The van der Waals surface area contributed by atoms with E-state index < -0.39 is 0 Å². The van der Waals surface area contributed by atoms with E-state index in [2.05, 4.69) is 41.0 Å². The fraction of sp³-hybridized carbons (Fsp3) is 0.522. The van der Waals surface area contributed by atoms with E-state index in [1.54, 1.807) is 0 Å². The minimum absolute atomic E-state index is 0.187. The van der Waals surface area contributed by atoms with Gasteiger partial charge in [-0.1, -0.05) is 36.4 Å². The van der Waals surface area contributed by atoms with Crippen LogP contribution < -0.4 is 4.90 Å². The molecule has 4 rings (SSSR count). The Balaban J connectivity index is 1.36. The van der Waals surface area contributed by atoms with Crippen LogP contribution in [0.5, 0.6) is 0 Å². The number of anilines is 1. The van der Waals surface area contributed by atoms with E-state index in [1.165, 1.54) is 18.2 Å². The van der Waals surface area contributed by atoms with Gasteiger partial charge in [0.05, 0.1) is 18.3 Å². The molecule has 2 fully saturated rings. The van der Waals surface area contributed by atoms with Crippen molar-refractivity contribution < 1.29 is 9.53 Å². The zero-order valence-corrected chi connectivity index (χ0v) is 16.8. The molecular weight excluding hydrogens is 350 g/mol. The van der Waals surface area contributed by atoms with Gasteiger partial charge in [-0.15, -0.1) is 0 Å². The molecule has 2 aromatic rings. The first kappa shape index (κ1) is 19.4. The summed E-state index contributed by atoms with van der Waals surface area (Å²) in [6.45, 7) is 9.13. The Labute approximate surface area is 167 Å². The van der Waals surface area contributed by atoms with Gasteiger partial charge in [0.15, 0.2) is 0 Å². The smallest absolute Gasteiger partial charge is 0.241 e. The van der Waals surface area contributed by atoms with Crippen molar-refractivity contribution in [2.45, 2.75) is 25.9 Å². The van der Waals surface area contributed by atoms with E-state index in [0.29, 0.717) is 19.2 Å². The summed E-state index contributed by atoms with van der Waals surface area (Å²) in [6, 6.07) is 14.5. The molecule has 0 N–H and O–H groups in total. The van der Waals surface area contributed by atoms with Crippen molar-refractivity contribution in [3.8, 4) is 0 Å². The third-order valence-corrected chi connectivity index (χ3v) is 5.98. The first-order valence-electron chi connectivity index (χ1n) is 10.6. The summed E-state index contributed by atoms with van der Waals surface area (Å²) in [5.74, 6) is 0.187. The second kappa shape index (κ2) is 9.03. The molecule has 0 spiro atoms. The average Bonchev–Trinajstić information content (AvgIpc) is 3.23. The van der Waals surface area contributed by atoms with E-state index >= 15 is 0 Å². The monoisotopic (exact) mass is 381 g/mol. The summed E-state index contributed by atoms with van der Waals surface area (Å²) in [6.07, 6.45) is 2.80. The molecule has 0 aromatic heterocycles. The predicted molar refractivity (Wildman–Crippen MR) is 114 cm³/mol. The number of fused-ring (bicyclic) bond motifs is 1. The van der Waals surface area contributed by atoms with E-state index in [9.17, 15) is 4.79 Å². The van der Waals surface area contributed by atoms with Gasteiger partial charge in [0.1, 0.15) is 0 Å². The van der Waals surface area contributed by atoms with Crippen LogP contribution in [0.1, 0.15) is 19.8 Å². The Morgan fingerprint density at radius 3 is 2.57 bits per heavy atom. The number of likely N-dealkylation sites (N-methyl/N-ethyl adjacent to an activating group) is 1. The molecule has 0 aliphatic carbocycles. The van der Waals surface area contributed by atoms with Gasteiger partial charge in [0.2, 0.25) is 5.91 Å². The van der Waals surface area contributed by atoms with Crippen LogP contribution in [-0.2, 0) is 9.53 Å². The SMILES string of the molecule is CCN(C(=O)CN1CCN(CC2CCCO2)CC1)c1cccc2ccccc12. The van der Waals surface area contributed by atoms with Crippen LogP contribution in [0.3, 0.4) is 0 Å². The lowest BCUT2D eigenvalue weighted by atomic mass is 10.1. The highest BCUT2D eigenvalue weighted by Gasteiger charge is 2.25. The summed E-state index contributed by atoms with van der Waals surface area (Å²) in [5, 5.41) is 2.32.